The maximum Gasteiger partial charge on any atom is 0.0683 e. The van der Waals surface area contributed by atoms with E-state index < -0.39 is 0 Å². The highest BCUT2D eigenvalue weighted by Gasteiger charge is 2.23. The van der Waals surface area contributed by atoms with Gasteiger partial charge in [-0.1, -0.05) is 0 Å². The average molecular weight is 223 g/mol. The molecule has 0 aromatic rings. The molecule has 0 radical (unpaired) electrons. The average Bonchev–Trinajstić information content (AvgIpc) is 2.23. The normalized spacial score (nSPS) is 27.7. The second kappa shape index (κ2) is 5.65. The van der Waals surface area contributed by atoms with Crippen LogP contribution in [0.1, 0.15) is 40.5 Å². The fraction of sp³-hybridized carbons (Fsp3) is 0.923. The Morgan fingerprint density at radius 1 is 1.44 bits per heavy atom. The topological polar surface area (TPSA) is 39.1 Å². The SMILES string of the molecule is CC1CN(CCCC(C)(C)C#N)C(C)CN1. The largest absolute Gasteiger partial charge is 0.311 e. The van der Waals surface area contributed by atoms with Gasteiger partial charge in [-0.2, -0.15) is 5.26 Å². The van der Waals surface area contributed by atoms with Crippen molar-refractivity contribution in [2.24, 2.45) is 5.41 Å². The third-order valence-corrected chi connectivity index (χ3v) is 3.44. The second-order valence-electron chi connectivity index (χ2n) is 5.75. The van der Waals surface area contributed by atoms with Crippen molar-refractivity contribution in [1.29, 1.82) is 5.26 Å². The van der Waals surface area contributed by atoms with Crippen LogP contribution in [0.15, 0.2) is 0 Å². The molecule has 0 amide bonds. The number of hydrogen-bond acceptors (Lipinski definition) is 3. The Kier molecular flexibility index (Phi) is 4.76. The monoisotopic (exact) mass is 223 g/mol. The van der Waals surface area contributed by atoms with Crippen molar-refractivity contribution in [1.82, 2.24) is 10.2 Å². The summed E-state index contributed by atoms with van der Waals surface area (Å²) in [4.78, 5) is 2.54. The highest BCUT2D eigenvalue weighted by molar-refractivity contribution is 4.91. The molecule has 0 bridgehead atoms. The van der Waals surface area contributed by atoms with Gasteiger partial charge in [0.25, 0.3) is 0 Å². The maximum atomic E-state index is 8.95. The van der Waals surface area contributed by atoms with E-state index in [1.54, 1.807) is 0 Å². The van der Waals surface area contributed by atoms with Gasteiger partial charge in [0.2, 0.25) is 0 Å². The van der Waals surface area contributed by atoms with E-state index in [0.717, 1.165) is 32.5 Å². The van der Waals surface area contributed by atoms with E-state index >= 15 is 0 Å². The molecule has 92 valence electrons. The van der Waals surface area contributed by atoms with Crippen LogP contribution >= 0.6 is 0 Å². The minimum Gasteiger partial charge on any atom is -0.311 e. The van der Waals surface area contributed by atoms with Crippen molar-refractivity contribution >= 4 is 0 Å². The highest BCUT2D eigenvalue weighted by atomic mass is 15.2. The number of nitrogens with zero attached hydrogens (tertiary/aromatic N) is 2. The van der Waals surface area contributed by atoms with E-state index in [4.69, 9.17) is 5.26 Å². The fourth-order valence-electron chi connectivity index (χ4n) is 2.19. The van der Waals surface area contributed by atoms with Crippen LogP contribution in [0.25, 0.3) is 0 Å². The third kappa shape index (κ3) is 4.11. The van der Waals surface area contributed by atoms with Crippen LogP contribution in [0.5, 0.6) is 0 Å². The van der Waals surface area contributed by atoms with Crippen LogP contribution in [0.2, 0.25) is 0 Å². The molecule has 0 spiro atoms. The molecule has 0 aliphatic carbocycles. The van der Waals surface area contributed by atoms with Gasteiger partial charge < -0.3 is 5.32 Å². The van der Waals surface area contributed by atoms with Crippen LogP contribution in [0.3, 0.4) is 0 Å². The Bertz CT molecular complexity index is 254. The first-order chi connectivity index (χ1) is 7.44. The Labute approximate surface area is 99.8 Å². The van der Waals surface area contributed by atoms with Crippen LogP contribution in [-0.2, 0) is 0 Å². The molecule has 1 fully saturated rings. The maximum absolute atomic E-state index is 8.95. The van der Waals surface area contributed by atoms with Gasteiger partial charge in [-0.3, -0.25) is 4.90 Å². The molecule has 1 heterocycles. The molecule has 0 saturated carbocycles. The van der Waals surface area contributed by atoms with Crippen molar-refractivity contribution < 1.29 is 0 Å². The molecule has 3 heteroatoms. The Balaban J connectivity index is 2.29. The first kappa shape index (κ1) is 13.5. The lowest BCUT2D eigenvalue weighted by Gasteiger charge is -2.37. The molecule has 16 heavy (non-hydrogen) atoms. The van der Waals surface area contributed by atoms with Crippen LogP contribution in [-0.4, -0.2) is 36.6 Å². The van der Waals surface area contributed by atoms with Gasteiger partial charge >= 0.3 is 0 Å². The lowest BCUT2D eigenvalue weighted by Crippen LogP contribution is -2.54. The van der Waals surface area contributed by atoms with Gasteiger partial charge in [0.15, 0.2) is 0 Å². The summed E-state index contributed by atoms with van der Waals surface area (Å²) in [5.41, 5.74) is -0.164. The van der Waals surface area contributed by atoms with Gasteiger partial charge in [-0.05, 0) is 47.1 Å². The zero-order valence-electron chi connectivity index (χ0n) is 11.1. The van der Waals surface area contributed by atoms with Crippen molar-refractivity contribution in [2.75, 3.05) is 19.6 Å². The van der Waals surface area contributed by atoms with E-state index in [-0.39, 0.29) is 5.41 Å². The van der Waals surface area contributed by atoms with Gasteiger partial charge in [0, 0.05) is 25.2 Å². The van der Waals surface area contributed by atoms with Gasteiger partial charge in [0.1, 0.15) is 0 Å². The Morgan fingerprint density at radius 2 is 2.12 bits per heavy atom. The summed E-state index contributed by atoms with van der Waals surface area (Å²) in [6.07, 6.45) is 2.12. The molecule has 0 aromatic carbocycles. The van der Waals surface area contributed by atoms with Crippen molar-refractivity contribution in [3.8, 4) is 6.07 Å². The van der Waals surface area contributed by atoms with E-state index in [2.05, 4.69) is 30.1 Å². The van der Waals surface area contributed by atoms with Gasteiger partial charge in [0.05, 0.1) is 11.5 Å². The number of rotatable bonds is 4. The summed E-state index contributed by atoms with van der Waals surface area (Å²) in [6, 6.07) is 3.59. The highest BCUT2D eigenvalue weighted by Crippen LogP contribution is 2.21. The van der Waals surface area contributed by atoms with E-state index in [1.165, 1.54) is 0 Å². The number of piperazine rings is 1. The summed E-state index contributed by atoms with van der Waals surface area (Å²) in [6.45, 7) is 11.9. The fourth-order valence-corrected chi connectivity index (χ4v) is 2.19. The van der Waals surface area contributed by atoms with Crippen LogP contribution in [0.4, 0.5) is 0 Å². The van der Waals surface area contributed by atoms with Crippen molar-refractivity contribution in [2.45, 2.75) is 52.6 Å². The predicted octanol–water partition coefficient (Wildman–Crippen LogP) is 2.00. The second-order valence-corrected chi connectivity index (χ2v) is 5.75. The Hall–Kier alpha value is -0.590. The molecule has 2 unspecified atom stereocenters. The molecule has 2 atom stereocenters. The minimum atomic E-state index is -0.164. The first-order valence-corrected chi connectivity index (χ1v) is 6.33. The van der Waals surface area contributed by atoms with E-state index in [9.17, 15) is 0 Å². The van der Waals surface area contributed by atoms with Gasteiger partial charge in [-0.15, -0.1) is 0 Å². The van der Waals surface area contributed by atoms with Crippen molar-refractivity contribution in [3.63, 3.8) is 0 Å². The minimum absolute atomic E-state index is 0.164. The van der Waals surface area contributed by atoms with Gasteiger partial charge in [-0.25, -0.2) is 0 Å². The molecule has 1 aliphatic heterocycles. The molecular formula is C13H25N3. The number of nitriles is 1. The zero-order chi connectivity index (χ0) is 12.2. The molecule has 0 aromatic heterocycles. The summed E-state index contributed by atoms with van der Waals surface area (Å²) in [5, 5.41) is 12.4. The number of hydrogen-bond donors (Lipinski definition) is 1. The molecule has 3 nitrogen and oxygen atoms in total. The lowest BCUT2D eigenvalue weighted by molar-refractivity contribution is 0.140. The quantitative estimate of drug-likeness (QED) is 0.792. The summed E-state index contributed by atoms with van der Waals surface area (Å²) in [7, 11) is 0. The molecule has 1 rings (SSSR count). The summed E-state index contributed by atoms with van der Waals surface area (Å²) >= 11 is 0. The van der Waals surface area contributed by atoms with Crippen LogP contribution in [0, 0.1) is 16.7 Å². The molecule has 1 aliphatic rings. The van der Waals surface area contributed by atoms with E-state index in [0.29, 0.717) is 12.1 Å². The first-order valence-electron chi connectivity index (χ1n) is 6.33. The molecule has 1 saturated heterocycles. The standard InChI is InChI=1S/C13H25N3/c1-11-9-16(12(2)8-15-11)7-5-6-13(3,4)10-14/h11-12,15H,5-9H2,1-4H3. The summed E-state index contributed by atoms with van der Waals surface area (Å²) < 4.78 is 0. The summed E-state index contributed by atoms with van der Waals surface area (Å²) in [5.74, 6) is 0. The molecular weight excluding hydrogens is 198 g/mol. The third-order valence-electron chi connectivity index (χ3n) is 3.44. The molecule has 1 N–H and O–H groups in total. The number of nitrogens with one attached hydrogen (secondary N) is 1. The smallest absolute Gasteiger partial charge is 0.0683 e. The zero-order valence-corrected chi connectivity index (χ0v) is 11.1. The van der Waals surface area contributed by atoms with Crippen molar-refractivity contribution in [3.05, 3.63) is 0 Å². The predicted molar refractivity (Wildman–Crippen MR) is 67.1 cm³/mol. The van der Waals surface area contributed by atoms with Crippen LogP contribution < -0.4 is 5.32 Å². The van der Waals surface area contributed by atoms with E-state index in [1.807, 2.05) is 13.8 Å². The Morgan fingerprint density at radius 3 is 2.75 bits per heavy atom. The lowest BCUT2D eigenvalue weighted by atomic mass is 9.89.